The van der Waals surface area contributed by atoms with Crippen molar-refractivity contribution in [1.82, 2.24) is 9.97 Å². The molecule has 11 heteroatoms. The van der Waals surface area contributed by atoms with E-state index in [0.29, 0.717) is 24.6 Å². The van der Waals surface area contributed by atoms with Crippen molar-refractivity contribution in [3.8, 4) is 0 Å². The van der Waals surface area contributed by atoms with Crippen LogP contribution in [0.5, 0.6) is 0 Å². The summed E-state index contributed by atoms with van der Waals surface area (Å²) in [7, 11) is 0. The molecule has 1 aliphatic rings. The van der Waals surface area contributed by atoms with E-state index in [1.165, 1.54) is 0 Å². The Balaban J connectivity index is 0.00000114. The number of amides is 1. The highest BCUT2D eigenvalue weighted by atomic mass is 19.3. The Bertz CT molecular complexity index is 1430. The third-order valence-corrected chi connectivity index (χ3v) is 6.79. The van der Waals surface area contributed by atoms with Crippen molar-refractivity contribution in [3.05, 3.63) is 82.5 Å². The first-order chi connectivity index (χ1) is 21.9. The monoisotopic (exact) mass is 638 g/mol. The van der Waals surface area contributed by atoms with Gasteiger partial charge in [0.1, 0.15) is 5.92 Å². The number of nitrogens with zero attached hydrogens (tertiary/aromatic N) is 4. The number of aromatic nitrogens is 2. The molecule has 1 saturated carbocycles. The van der Waals surface area contributed by atoms with Crippen molar-refractivity contribution in [2.45, 2.75) is 86.5 Å². The van der Waals surface area contributed by atoms with Crippen LogP contribution in [0.1, 0.15) is 86.3 Å². The molecule has 46 heavy (non-hydrogen) atoms. The number of nitrogens with two attached hydrogens (primary N) is 1. The molecule has 1 fully saturated rings. The number of carbonyl (C=O) groups is 2. The summed E-state index contributed by atoms with van der Waals surface area (Å²) < 4.78 is 23.3. The van der Waals surface area contributed by atoms with Crippen LogP contribution < -0.4 is 11.1 Å². The highest BCUT2D eigenvalue weighted by Crippen LogP contribution is 2.48. The lowest BCUT2D eigenvalue weighted by Gasteiger charge is -2.17. The average molecular weight is 639 g/mol. The fourth-order valence-electron chi connectivity index (χ4n) is 4.27. The van der Waals surface area contributed by atoms with E-state index in [1.807, 2.05) is 51.3 Å². The van der Waals surface area contributed by atoms with Gasteiger partial charge in [0, 0.05) is 42.8 Å². The molecule has 0 aromatic carbocycles. The van der Waals surface area contributed by atoms with Crippen molar-refractivity contribution < 1.29 is 23.5 Å². The number of anilines is 1. The first-order valence-electron chi connectivity index (χ1n) is 15.4. The van der Waals surface area contributed by atoms with Gasteiger partial charge in [-0.15, -0.1) is 0 Å². The summed E-state index contributed by atoms with van der Waals surface area (Å²) in [5.74, 6) is -5.18. The molecule has 1 aromatic rings. The van der Waals surface area contributed by atoms with Crippen LogP contribution in [0.15, 0.2) is 86.8 Å². The maximum Gasteiger partial charge on any atom is 0.312 e. The molecule has 0 aliphatic heterocycles. The largest absolute Gasteiger partial charge is 0.481 e. The number of carbonyl (C=O) groups excluding carboxylic acids is 1. The lowest BCUT2D eigenvalue weighted by atomic mass is 9.94. The maximum atomic E-state index is 11.7. The Kier molecular flexibility index (Phi) is 17.6. The number of carboxylic acid groups (broad SMARTS) is 1. The van der Waals surface area contributed by atoms with Gasteiger partial charge < -0.3 is 16.2 Å². The second-order valence-corrected chi connectivity index (χ2v) is 10.6. The summed E-state index contributed by atoms with van der Waals surface area (Å²) in [6.45, 7) is 14.6. The average Bonchev–Trinajstić information content (AvgIpc) is 3.67. The van der Waals surface area contributed by atoms with Crippen LogP contribution >= 0.6 is 0 Å². The number of halogens is 2. The van der Waals surface area contributed by atoms with Crippen molar-refractivity contribution in [2.24, 2.45) is 21.6 Å². The van der Waals surface area contributed by atoms with Gasteiger partial charge in [0.15, 0.2) is 0 Å². The van der Waals surface area contributed by atoms with Gasteiger partial charge in [0.05, 0.1) is 11.4 Å². The molecule has 1 unspecified atom stereocenters. The second kappa shape index (κ2) is 20.5. The summed E-state index contributed by atoms with van der Waals surface area (Å²) in [6.07, 6.45) is 18.9. The van der Waals surface area contributed by atoms with E-state index in [-0.39, 0.29) is 0 Å². The van der Waals surface area contributed by atoms with Gasteiger partial charge in [-0.25, -0.2) is 23.7 Å². The predicted molar refractivity (Wildman–Crippen MR) is 184 cm³/mol. The number of carboxylic acids is 1. The molecule has 1 aromatic heterocycles. The summed E-state index contributed by atoms with van der Waals surface area (Å²) >= 11 is 0. The van der Waals surface area contributed by atoms with Gasteiger partial charge in [-0.05, 0) is 81.4 Å². The molecule has 0 radical (unpaired) electrons. The Morgan fingerprint density at radius 2 is 1.83 bits per heavy atom. The third kappa shape index (κ3) is 13.6. The molecule has 0 spiro atoms. The minimum absolute atomic E-state index is 0.482. The lowest BCUT2D eigenvalue weighted by molar-refractivity contribution is -0.140. The fourth-order valence-corrected chi connectivity index (χ4v) is 4.27. The minimum Gasteiger partial charge on any atom is -0.481 e. The molecule has 1 amide bonds. The van der Waals surface area contributed by atoms with Gasteiger partial charge in [-0.3, -0.25) is 14.6 Å². The number of allylic oxidation sites excluding steroid dienone is 9. The standard InChI is InChI=1S/C31H44N6O.C4H4F2O2/c1-8-12-24(6)29(36-22-38)16-15-23(5)27(14-10-3)28(25(7)32)21-35-31-34-19-17-30(37-31)26(13-9-2)20-33-18-11-4;5-4(6)1-2(4)3(7)8/h11-13,15-20,22H,8-10,14,21,32H2,1-7H3,(H,34,35,37);2H,1H2,(H,7,8)/b16-15-,18-11-,24-12+,26-13-,27-23-,28-25-,33-20+,36-29?;. The Labute approximate surface area is 271 Å². The van der Waals surface area contributed by atoms with Crippen molar-refractivity contribution >= 4 is 35.8 Å². The van der Waals surface area contributed by atoms with Gasteiger partial charge in [0.2, 0.25) is 12.4 Å². The number of nitrogens with one attached hydrogen (secondary N) is 1. The number of hydrogen-bond acceptors (Lipinski definition) is 7. The number of rotatable bonds is 16. The second-order valence-electron chi connectivity index (χ2n) is 10.6. The molecule has 1 aliphatic carbocycles. The normalized spacial score (nSPS) is 17.8. The van der Waals surface area contributed by atoms with Gasteiger partial charge in [-0.2, -0.15) is 0 Å². The first-order valence-corrected chi connectivity index (χ1v) is 15.4. The van der Waals surface area contributed by atoms with Crippen LogP contribution in [-0.4, -0.2) is 51.8 Å². The van der Waals surface area contributed by atoms with Crippen LogP contribution in [0.4, 0.5) is 14.7 Å². The highest BCUT2D eigenvalue weighted by molar-refractivity contribution is 6.10. The SMILES string of the molecule is C\C=C/N=C/C(=C/CC)c1ccnc(NCC(/C(CCC)=C(C)\C=C/C(=NC=O)/C(C)=C/CC)=C(\C)N)n1.O=C(O)C1CC1(F)F. The molecular weight excluding hydrogens is 590 g/mol. The number of aliphatic carboxylic acids is 1. The maximum absolute atomic E-state index is 11.7. The first kappa shape index (κ1) is 39.5. The number of aliphatic imine (C=N–C) groups is 2. The van der Waals surface area contributed by atoms with Crippen molar-refractivity contribution in [3.63, 3.8) is 0 Å². The van der Waals surface area contributed by atoms with E-state index >= 15 is 0 Å². The van der Waals surface area contributed by atoms with Crippen LogP contribution in [0.25, 0.3) is 5.57 Å². The molecular formula is C35H48F2N6O3. The topological polar surface area (TPSA) is 143 Å². The van der Waals surface area contributed by atoms with E-state index in [2.05, 4.69) is 60.1 Å². The zero-order valence-electron chi connectivity index (χ0n) is 28.0. The van der Waals surface area contributed by atoms with Gasteiger partial charge in [0.25, 0.3) is 5.92 Å². The van der Waals surface area contributed by atoms with E-state index in [4.69, 9.17) is 15.8 Å². The van der Waals surface area contributed by atoms with E-state index in [0.717, 1.165) is 64.9 Å². The van der Waals surface area contributed by atoms with Crippen LogP contribution in [0.2, 0.25) is 0 Å². The summed E-state index contributed by atoms with van der Waals surface area (Å²) in [4.78, 5) is 38.2. The Morgan fingerprint density at radius 1 is 1.15 bits per heavy atom. The third-order valence-electron chi connectivity index (χ3n) is 6.79. The molecule has 2 rings (SSSR count). The molecule has 250 valence electrons. The molecule has 9 nitrogen and oxygen atoms in total. The van der Waals surface area contributed by atoms with Crippen LogP contribution in [-0.2, 0) is 9.59 Å². The Morgan fingerprint density at radius 3 is 2.33 bits per heavy atom. The number of hydrogen-bond donors (Lipinski definition) is 3. The smallest absolute Gasteiger partial charge is 0.312 e. The minimum atomic E-state index is -2.91. The van der Waals surface area contributed by atoms with Crippen molar-refractivity contribution in [2.75, 3.05) is 11.9 Å². The van der Waals surface area contributed by atoms with E-state index in [9.17, 15) is 18.4 Å². The molecule has 4 N–H and O–H groups in total. The van der Waals surface area contributed by atoms with E-state index < -0.39 is 24.2 Å². The number of alkyl halides is 2. The van der Waals surface area contributed by atoms with Crippen LogP contribution in [0.3, 0.4) is 0 Å². The molecule has 1 heterocycles. The highest BCUT2D eigenvalue weighted by Gasteiger charge is 2.61. The summed E-state index contributed by atoms with van der Waals surface area (Å²) in [5, 5.41) is 11.3. The van der Waals surface area contributed by atoms with Crippen LogP contribution in [0, 0.1) is 5.92 Å². The summed E-state index contributed by atoms with van der Waals surface area (Å²) in [5.41, 5.74) is 13.7. The Hall–Kier alpha value is -4.54. The molecule has 0 bridgehead atoms. The van der Waals surface area contributed by atoms with Crippen molar-refractivity contribution in [1.29, 1.82) is 0 Å². The quantitative estimate of drug-likeness (QED) is 0.0950. The predicted octanol–water partition coefficient (Wildman–Crippen LogP) is 7.87. The van der Waals surface area contributed by atoms with E-state index in [1.54, 1.807) is 12.4 Å². The van der Waals surface area contributed by atoms with Gasteiger partial charge in [-0.1, -0.05) is 51.5 Å². The molecule has 1 atom stereocenters. The summed E-state index contributed by atoms with van der Waals surface area (Å²) in [6, 6.07) is 1.88. The zero-order chi connectivity index (χ0) is 34.7. The zero-order valence-corrected chi connectivity index (χ0v) is 28.0. The van der Waals surface area contributed by atoms with Gasteiger partial charge >= 0.3 is 5.97 Å². The lowest BCUT2D eigenvalue weighted by Crippen LogP contribution is -2.15. The molecule has 0 saturated heterocycles. The fraction of sp³-hybridized carbons (Fsp3) is 0.429.